The summed E-state index contributed by atoms with van der Waals surface area (Å²) < 4.78 is 19.7. The van der Waals surface area contributed by atoms with E-state index in [1.165, 1.54) is 35.3 Å². The average Bonchev–Trinajstić information content (AvgIpc) is 3.67. The molecule has 3 aromatic rings. The summed E-state index contributed by atoms with van der Waals surface area (Å²) in [6.07, 6.45) is -2.78. The summed E-state index contributed by atoms with van der Waals surface area (Å²) in [5.74, 6) is -0.720. The summed E-state index contributed by atoms with van der Waals surface area (Å²) >= 11 is 0. The summed E-state index contributed by atoms with van der Waals surface area (Å²) in [7, 11) is 0. The SMILES string of the molecule is C[C@H]1[C@@H](CO)OC(n2ccc(=O)[nH]c2=O)[C@@H]1O.C[C@H]1[C@@H](CO)OC(n2ccc(N)nc2=O)[C@@H]1O.Cc1cn(C2O[C@H](CO)[C@H](C)[C@H]2O)c(=O)[nH]c1=O. The Morgan fingerprint density at radius 2 is 1.12 bits per heavy atom. The zero-order chi connectivity index (χ0) is 38.6. The molecule has 288 valence electrons. The fraction of sp³-hybridized carbons (Fsp3) is 0.613. The van der Waals surface area contributed by atoms with E-state index in [9.17, 15) is 39.3 Å². The van der Waals surface area contributed by atoms with Crippen molar-refractivity contribution < 1.29 is 44.8 Å². The number of aliphatic hydroxyl groups is 6. The Labute approximate surface area is 294 Å². The van der Waals surface area contributed by atoms with Crippen LogP contribution in [0.4, 0.5) is 5.82 Å². The number of hydrogen-bond donors (Lipinski definition) is 9. The monoisotopic (exact) mass is 739 g/mol. The van der Waals surface area contributed by atoms with Gasteiger partial charge >= 0.3 is 17.1 Å². The minimum absolute atomic E-state index is 0.116. The van der Waals surface area contributed by atoms with Gasteiger partial charge < -0.3 is 50.6 Å². The van der Waals surface area contributed by atoms with E-state index < -0.39 is 83.5 Å². The molecular weight excluding hydrogens is 694 g/mol. The van der Waals surface area contributed by atoms with Crippen molar-refractivity contribution in [1.29, 1.82) is 0 Å². The molecule has 0 radical (unpaired) electrons. The zero-order valence-corrected chi connectivity index (χ0v) is 28.8. The van der Waals surface area contributed by atoms with Crippen LogP contribution >= 0.6 is 0 Å². The lowest BCUT2D eigenvalue weighted by atomic mass is 10.0. The van der Waals surface area contributed by atoms with Crippen LogP contribution in [0.1, 0.15) is 45.0 Å². The quantitative estimate of drug-likeness (QED) is 0.116. The van der Waals surface area contributed by atoms with Crippen molar-refractivity contribution in [3.8, 4) is 0 Å². The van der Waals surface area contributed by atoms with Crippen LogP contribution in [0.25, 0.3) is 0 Å². The first-order valence-electron chi connectivity index (χ1n) is 16.4. The molecule has 21 heteroatoms. The molecule has 0 aliphatic carbocycles. The highest BCUT2D eigenvalue weighted by molar-refractivity contribution is 5.23. The van der Waals surface area contributed by atoms with Gasteiger partial charge in [-0.05, 0) is 13.0 Å². The fourth-order valence-electron chi connectivity index (χ4n) is 5.93. The maximum Gasteiger partial charge on any atom is 0.351 e. The van der Waals surface area contributed by atoms with Crippen molar-refractivity contribution in [2.45, 2.75) is 83.0 Å². The number of nitrogen functional groups attached to an aromatic ring is 1. The van der Waals surface area contributed by atoms with E-state index in [0.29, 0.717) is 5.56 Å². The van der Waals surface area contributed by atoms with E-state index in [1.54, 1.807) is 27.7 Å². The van der Waals surface area contributed by atoms with E-state index in [2.05, 4.69) is 15.0 Å². The first-order chi connectivity index (χ1) is 24.5. The lowest BCUT2D eigenvalue weighted by Gasteiger charge is -2.17. The van der Waals surface area contributed by atoms with E-state index >= 15 is 0 Å². The van der Waals surface area contributed by atoms with Crippen LogP contribution in [0, 0.1) is 24.7 Å². The number of nitrogens with zero attached hydrogens (tertiary/aromatic N) is 4. The number of aryl methyl sites for hydroxylation is 1. The highest BCUT2D eigenvalue weighted by Crippen LogP contribution is 2.34. The Balaban J connectivity index is 0.000000175. The van der Waals surface area contributed by atoms with Crippen molar-refractivity contribution in [2.24, 2.45) is 17.8 Å². The molecule has 0 aromatic carbocycles. The first-order valence-corrected chi connectivity index (χ1v) is 16.4. The normalized spacial score (nSPS) is 32.5. The highest BCUT2D eigenvalue weighted by atomic mass is 16.6. The van der Waals surface area contributed by atoms with Crippen LogP contribution in [0.2, 0.25) is 0 Å². The number of anilines is 1. The predicted octanol–water partition coefficient (Wildman–Crippen LogP) is -4.13. The molecule has 3 saturated heterocycles. The van der Waals surface area contributed by atoms with Gasteiger partial charge in [-0.3, -0.25) is 33.3 Å². The number of aromatic nitrogens is 6. The Bertz CT molecular complexity index is 1960. The van der Waals surface area contributed by atoms with Gasteiger partial charge in [0.15, 0.2) is 18.7 Å². The molecule has 0 saturated carbocycles. The zero-order valence-electron chi connectivity index (χ0n) is 28.8. The summed E-state index contributed by atoms with van der Waals surface area (Å²) in [6.45, 7) is 6.10. The standard InChI is InChI=1S/C11H16N2O5.C10H15N3O4.C10H14N2O5/c1-5-3-13(11(17)12-9(5)16)10-8(15)6(2)7(4-14)18-10;1-5-6(4-14)17-9(8(5)15)13-3-2-7(11)12-10(13)16;1-5-6(4-13)17-9(8(5)15)12-3-2-7(14)11-10(12)16/h3,6-8,10,14-15H,4H2,1-2H3,(H,12,16,17);2-3,5-6,8-9,14-15H,4H2,1H3,(H2,11,12,16);2-3,5-6,8-9,13,15H,4H2,1H3,(H,11,14,16)/t6-,7+,8+,10?;2*5-,6+,8+,9?/m000/s1. The van der Waals surface area contributed by atoms with E-state index in [4.69, 9.17) is 35.3 Å². The molecule has 21 nitrogen and oxygen atoms in total. The molecule has 3 aromatic heterocycles. The van der Waals surface area contributed by atoms with Gasteiger partial charge in [0, 0.05) is 48.0 Å². The van der Waals surface area contributed by atoms with Crippen LogP contribution in [0.3, 0.4) is 0 Å². The molecule has 52 heavy (non-hydrogen) atoms. The Kier molecular flexibility index (Phi) is 13.2. The van der Waals surface area contributed by atoms with Crippen molar-refractivity contribution >= 4 is 5.82 Å². The number of rotatable bonds is 6. The first kappa shape index (κ1) is 40.5. The number of nitrogens with two attached hydrogens (primary N) is 1. The second-order valence-corrected chi connectivity index (χ2v) is 12.8. The second kappa shape index (κ2) is 17.0. The van der Waals surface area contributed by atoms with Crippen molar-refractivity contribution in [3.63, 3.8) is 0 Å². The largest absolute Gasteiger partial charge is 0.394 e. The molecule has 0 spiro atoms. The van der Waals surface area contributed by atoms with Gasteiger partial charge in [-0.15, -0.1) is 0 Å². The van der Waals surface area contributed by atoms with Gasteiger partial charge in [0.2, 0.25) is 0 Å². The maximum atomic E-state index is 11.7. The lowest BCUT2D eigenvalue weighted by molar-refractivity contribution is -0.0535. The lowest BCUT2D eigenvalue weighted by Crippen LogP contribution is -2.37. The third-order valence-electron chi connectivity index (χ3n) is 9.41. The van der Waals surface area contributed by atoms with Crippen LogP contribution < -0.4 is 33.9 Å². The van der Waals surface area contributed by atoms with Gasteiger partial charge in [0.25, 0.3) is 11.1 Å². The average molecular weight is 740 g/mol. The predicted molar refractivity (Wildman–Crippen MR) is 179 cm³/mol. The number of H-pyrrole nitrogens is 2. The number of aliphatic hydroxyl groups excluding tert-OH is 6. The smallest absolute Gasteiger partial charge is 0.351 e. The minimum atomic E-state index is -0.912. The number of nitrogens with one attached hydrogen (secondary N) is 2. The third kappa shape index (κ3) is 8.48. The number of aromatic amines is 2. The third-order valence-corrected chi connectivity index (χ3v) is 9.41. The van der Waals surface area contributed by atoms with Crippen LogP contribution in [0.15, 0.2) is 54.7 Å². The molecule has 3 unspecified atom stereocenters. The molecule has 0 amide bonds. The molecule has 12 atom stereocenters. The second-order valence-electron chi connectivity index (χ2n) is 12.8. The Morgan fingerprint density at radius 3 is 1.54 bits per heavy atom. The van der Waals surface area contributed by atoms with Crippen molar-refractivity contribution in [1.82, 2.24) is 28.7 Å². The molecule has 10 N–H and O–H groups in total. The van der Waals surface area contributed by atoms with Crippen LogP contribution in [-0.2, 0) is 14.2 Å². The van der Waals surface area contributed by atoms with E-state index in [0.717, 1.165) is 9.13 Å². The molecule has 0 bridgehead atoms. The van der Waals surface area contributed by atoms with Gasteiger partial charge in [0.1, 0.15) is 24.1 Å². The molecule has 3 aliphatic rings. The molecule has 6 rings (SSSR count). The summed E-state index contributed by atoms with van der Waals surface area (Å²) in [4.78, 5) is 64.8. The summed E-state index contributed by atoms with van der Waals surface area (Å²) in [5.41, 5.74) is 2.89. The van der Waals surface area contributed by atoms with Gasteiger partial charge in [-0.25, -0.2) is 14.4 Å². The fourth-order valence-corrected chi connectivity index (χ4v) is 5.93. The molecule has 3 aliphatic heterocycles. The minimum Gasteiger partial charge on any atom is -0.394 e. The Morgan fingerprint density at radius 1 is 0.692 bits per heavy atom. The molecular formula is C31H45N7O14. The van der Waals surface area contributed by atoms with Crippen LogP contribution in [0.5, 0.6) is 0 Å². The van der Waals surface area contributed by atoms with Crippen molar-refractivity contribution in [2.75, 3.05) is 25.6 Å². The van der Waals surface area contributed by atoms with E-state index in [-0.39, 0.29) is 43.4 Å². The number of hydrogen-bond acceptors (Lipinski definition) is 16. The topological polar surface area (TPSA) is 320 Å². The van der Waals surface area contributed by atoms with Gasteiger partial charge in [-0.2, -0.15) is 4.98 Å². The summed E-state index contributed by atoms with van der Waals surface area (Å²) in [5, 5.41) is 57.1. The molecule has 6 heterocycles. The number of ether oxygens (including phenoxy) is 3. The Hall–Kier alpha value is -4.32. The van der Waals surface area contributed by atoms with Gasteiger partial charge in [-0.1, -0.05) is 20.8 Å². The maximum absolute atomic E-state index is 11.7. The van der Waals surface area contributed by atoms with Gasteiger partial charge in [0.05, 0.1) is 38.1 Å². The highest BCUT2D eigenvalue weighted by Gasteiger charge is 2.44. The van der Waals surface area contributed by atoms with E-state index in [1.807, 2.05) is 0 Å². The van der Waals surface area contributed by atoms with Crippen molar-refractivity contribution in [3.05, 3.63) is 88.4 Å². The molecule has 3 fully saturated rings. The summed E-state index contributed by atoms with van der Waals surface area (Å²) in [6, 6.07) is 2.63. The van der Waals surface area contributed by atoms with Crippen LogP contribution in [-0.4, -0.2) is 116 Å².